The molecule has 1 saturated heterocycles. The van der Waals surface area contributed by atoms with Gasteiger partial charge in [0.1, 0.15) is 5.75 Å². The number of thiophene rings is 1. The summed E-state index contributed by atoms with van der Waals surface area (Å²) in [5.74, 6) is 1.02. The molecule has 6 heteroatoms. The van der Waals surface area contributed by atoms with Crippen molar-refractivity contribution in [1.82, 2.24) is 10.2 Å². The second-order valence-electron chi connectivity index (χ2n) is 7.92. The molecule has 2 aliphatic rings. The van der Waals surface area contributed by atoms with Crippen molar-refractivity contribution in [3.05, 3.63) is 52.2 Å². The molecule has 2 fully saturated rings. The molecular formula is C23H30N2O3S. The number of nitrogens with zero attached hydrogens (tertiary/aromatic N) is 1. The molecule has 156 valence electrons. The number of benzene rings is 1. The summed E-state index contributed by atoms with van der Waals surface area (Å²) in [7, 11) is 1.69. The number of amides is 1. The number of hydrogen-bond donors (Lipinski definition) is 1. The molecular weight excluding hydrogens is 384 g/mol. The molecule has 0 radical (unpaired) electrons. The third-order valence-electron chi connectivity index (χ3n) is 6.31. The Balaban J connectivity index is 1.53. The fourth-order valence-corrected chi connectivity index (χ4v) is 5.65. The summed E-state index contributed by atoms with van der Waals surface area (Å²) < 4.78 is 11.0. The minimum atomic E-state index is -0.349. The maximum atomic E-state index is 13.4. The lowest BCUT2D eigenvalue weighted by atomic mass is 9.83. The van der Waals surface area contributed by atoms with Crippen LogP contribution in [0.4, 0.5) is 0 Å². The van der Waals surface area contributed by atoms with Crippen LogP contribution in [0.2, 0.25) is 0 Å². The molecule has 1 N–H and O–H groups in total. The minimum absolute atomic E-state index is 0.111. The van der Waals surface area contributed by atoms with Crippen LogP contribution in [-0.2, 0) is 14.9 Å². The Morgan fingerprint density at radius 1 is 1.24 bits per heavy atom. The van der Waals surface area contributed by atoms with E-state index in [-0.39, 0.29) is 17.4 Å². The number of morpholine rings is 1. The Hall–Kier alpha value is -1.89. The van der Waals surface area contributed by atoms with Crippen molar-refractivity contribution in [2.45, 2.75) is 37.1 Å². The van der Waals surface area contributed by atoms with Gasteiger partial charge in [0.2, 0.25) is 5.91 Å². The molecule has 2 heterocycles. The summed E-state index contributed by atoms with van der Waals surface area (Å²) in [6, 6.07) is 12.5. The lowest BCUT2D eigenvalue weighted by Crippen LogP contribution is -2.47. The first kappa shape index (κ1) is 20.4. The van der Waals surface area contributed by atoms with Gasteiger partial charge in [0.25, 0.3) is 0 Å². The highest BCUT2D eigenvalue weighted by molar-refractivity contribution is 7.10. The fourth-order valence-electron chi connectivity index (χ4n) is 4.67. The predicted molar refractivity (Wildman–Crippen MR) is 116 cm³/mol. The molecule has 1 aliphatic carbocycles. The average molecular weight is 415 g/mol. The van der Waals surface area contributed by atoms with Gasteiger partial charge in [0.15, 0.2) is 0 Å². The minimum Gasteiger partial charge on any atom is -0.497 e. The first-order chi connectivity index (χ1) is 14.2. The van der Waals surface area contributed by atoms with Gasteiger partial charge in [0, 0.05) is 24.5 Å². The highest BCUT2D eigenvalue weighted by Gasteiger charge is 2.43. The van der Waals surface area contributed by atoms with E-state index >= 15 is 0 Å². The van der Waals surface area contributed by atoms with Crippen molar-refractivity contribution in [2.24, 2.45) is 0 Å². The van der Waals surface area contributed by atoms with Crippen molar-refractivity contribution in [3.8, 4) is 5.75 Å². The van der Waals surface area contributed by atoms with Crippen LogP contribution in [0.5, 0.6) is 5.75 Å². The predicted octanol–water partition coefficient (Wildman–Crippen LogP) is 3.76. The quantitative estimate of drug-likeness (QED) is 0.750. The number of carbonyl (C=O) groups is 1. The summed E-state index contributed by atoms with van der Waals surface area (Å²) in [5, 5.41) is 5.41. The average Bonchev–Trinajstić information content (AvgIpc) is 3.47. The van der Waals surface area contributed by atoms with Crippen LogP contribution < -0.4 is 10.1 Å². The Labute approximate surface area is 177 Å². The molecule has 1 atom stereocenters. The second-order valence-corrected chi connectivity index (χ2v) is 8.86. The summed E-state index contributed by atoms with van der Waals surface area (Å²) in [5.41, 5.74) is 0.820. The molecule has 5 nitrogen and oxygen atoms in total. The van der Waals surface area contributed by atoms with E-state index in [1.807, 2.05) is 12.1 Å². The third-order valence-corrected chi connectivity index (χ3v) is 7.38. The largest absolute Gasteiger partial charge is 0.497 e. The molecule has 1 amide bonds. The zero-order valence-corrected chi connectivity index (χ0v) is 17.9. The van der Waals surface area contributed by atoms with Gasteiger partial charge in [-0.1, -0.05) is 31.0 Å². The molecule has 4 rings (SSSR count). The molecule has 1 aliphatic heterocycles. The zero-order chi connectivity index (χ0) is 20.1. The molecule has 29 heavy (non-hydrogen) atoms. The maximum absolute atomic E-state index is 13.4. The molecule has 0 unspecified atom stereocenters. The van der Waals surface area contributed by atoms with E-state index in [4.69, 9.17) is 9.47 Å². The van der Waals surface area contributed by atoms with Gasteiger partial charge in [0.05, 0.1) is 31.8 Å². The number of rotatable bonds is 7. The first-order valence-corrected chi connectivity index (χ1v) is 11.4. The van der Waals surface area contributed by atoms with E-state index in [2.05, 4.69) is 39.9 Å². The fraction of sp³-hybridized carbons (Fsp3) is 0.522. The molecule has 0 bridgehead atoms. The number of ether oxygens (including phenoxy) is 2. The van der Waals surface area contributed by atoms with Crippen LogP contribution in [-0.4, -0.2) is 50.8 Å². The Kier molecular flexibility index (Phi) is 6.53. The van der Waals surface area contributed by atoms with Gasteiger partial charge >= 0.3 is 0 Å². The van der Waals surface area contributed by atoms with Crippen molar-refractivity contribution in [2.75, 3.05) is 40.0 Å². The van der Waals surface area contributed by atoms with Gasteiger partial charge in [-0.3, -0.25) is 9.69 Å². The van der Waals surface area contributed by atoms with E-state index in [1.54, 1.807) is 18.4 Å². The van der Waals surface area contributed by atoms with E-state index in [9.17, 15) is 4.79 Å². The van der Waals surface area contributed by atoms with E-state index in [1.165, 1.54) is 10.4 Å². The van der Waals surface area contributed by atoms with Gasteiger partial charge in [-0.15, -0.1) is 11.3 Å². The van der Waals surface area contributed by atoms with Crippen LogP contribution >= 0.6 is 11.3 Å². The van der Waals surface area contributed by atoms with Crippen LogP contribution in [0, 0.1) is 0 Å². The van der Waals surface area contributed by atoms with Gasteiger partial charge < -0.3 is 14.8 Å². The lowest BCUT2D eigenvalue weighted by molar-refractivity contribution is -0.126. The Morgan fingerprint density at radius 2 is 2.03 bits per heavy atom. The van der Waals surface area contributed by atoms with Crippen LogP contribution in [0.3, 0.4) is 0 Å². The topological polar surface area (TPSA) is 50.8 Å². The van der Waals surface area contributed by atoms with E-state index in [0.717, 1.165) is 57.7 Å². The monoisotopic (exact) mass is 414 g/mol. The Morgan fingerprint density at radius 3 is 2.72 bits per heavy atom. The van der Waals surface area contributed by atoms with Crippen LogP contribution in [0.15, 0.2) is 41.8 Å². The Bertz CT molecular complexity index is 796. The highest BCUT2D eigenvalue weighted by Crippen LogP contribution is 2.43. The highest BCUT2D eigenvalue weighted by atomic mass is 32.1. The van der Waals surface area contributed by atoms with Crippen molar-refractivity contribution < 1.29 is 14.3 Å². The van der Waals surface area contributed by atoms with E-state index < -0.39 is 0 Å². The van der Waals surface area contributed by atoms with Crippen molar-refractivity contribution in [3.63, 3.8) is 0 Å². The van der Waals surface area contributed by atoms with Gasteiger partial charge in [-0.05, 0) is 42.0 Å². The third kappa shape index (κ3) is 4.34. The smallest absolute Gasteiger partial charge is 0.231 e. The van der Waals surface area contributed by atoms with Gasteiger partial charge in [-0.25, -0.2) is 0 Å². The second kappa shape index (κ2) is 9.28. The first-order valence-electron chi connectivity index (χ1n) is 10.5. The van der Waals surface area contributed by atoms with E-state index in [0.29, 0.717) is 6.54 Å². The summed E-state index contributed by atoms with van der Waals surface area (Å²) in [6.07, 6.45) is 4.13. The summed E-state index contributed by atoms with van der Waals surface area (Å²) >= 11 is 1.71. The number of methoxy groups -OCH3 is 1. The van der Waals surface area contributed by atoms with Crippen LogP contribution in [0.25, 0.3) is 0 Å². The molecule has 1 saturated carbocycles. The molecule has 2 aromatic rings. The molecule has 0 spiro atoms. The summed E-state index contributed by atoms with van der Waals surface area (Å²) in [4.78, 5) is 17.0. The van der Waals surface area contributed by atoms with Crippen LogP contribution in [0.1, 0.15) is 42.2 Å². The standard InChI is InChI=1S/C23H30N2O3S/c1-27-19-7-4-6-18(16-19)20(25-11-13-28-14-12-25)17-24-22(26)23(9-2-3-10-23)21-8-5-15-29-21/h4-8,15-16,20H,2-3,9-14,17H2,1H3,(H,24,26)/t20-/m0/s1. The SMILES string of the molecule is COc1cccc([C@H](CNC(=O)C2(c3cccs3)CCCC2)N2CCOCC2)c1. The van der Waals surface area contributed by atoms with Crippen molar-refractivity contribution >= 4 is 17.2 Å². The number of hydrogen-bond acceptors (Lipinski definition) is 5. The molecule has 1 aromatic carbocycles. The number of carbonyl (C=O) groups excluding carboxylic acids is 1. The summed E-state index contributed by atoms with van der Waals surface area (Å²) in [6.45, 7) is 3.79. The maximum Gasteiger partial charge on any atom is 0.231 e. The van der Waals surface area contributed by atoms with Crippen molar-refractivity contribution in [1.29, 1.82) is 0 Å². The lowest BCUT2D eigenvalue weighted by Gasteiger charge is -2.36. The zero-order valence-electron chi connectivity index (χ0n) is 17.1. The van der Waals surface area contributed by atoms with Gasteiger partial charge in [-0.2, -0.15) is 0 Å². The normalized spacial score (nSPS) is 20.3. The number of nitrogens with one attached hydrogen (secondary N) is 1. The molecule has 1 aromatic heterocycles.